The van der Waals surface area contributed by atoms with Crippen LogP contribution in [0.4, 0.5) is 5.69 Å². The van der Waals surface area contributed by atoms with Crippen molar-refractivity contribution in [2.75, 3.05) is 11.2 Å². The number of hydrogen-bond acceptors (Lipinski definition) is 2. The summed E-state index contributed by atoms with van der Waals surface area (Å²) >= 11 is 8.68. The third kappa shape index (κ3) is 3.48. The lowest BCUT2D eigenvalue weighted by molar-refractivity contribution is -0.113. The van der Waals surface area contributed by atoms with Crippen LogP contribution in [0.3, 0.4) is 0 Å². The Morgan fingerprint density at radius 1 is 1.67 bits per heavy atom. The van der Waals surface area contributed by atoms with E-state index < -0.39 is 6.10 Å². The Hall–Kier alpha value is -0.580. The first-order valence-electron chi connectivity index (χ1n) is 4.38. The fraction of sp³-hybridized carbons (Fsp3) is 0.300. The van der Waals surface area contributed by atoms with Gasteiger partial charge < -0.3 is 10.4 Å². The summed E-state index contributed by atoms with van der Waals surface area (Å²) in [5.74, 6) is -0.393. The lowest BCUT2D eigenvalue weighted by atomic mass is 10.1. The molecule has 82 valence electrons. The van der Waals surface area contributed by atoms with Crippen LogP contribution in [0.2, 0.25) is 0 Å². The van der Waals surface area contributed by atoms with Gasteiger partial charge >= 0.3 is 0 Å². The van der Waals surface area contributed by atoms with Crippen molar-refractivity contribution in [2.45, 2.75) is 13.0 Å². The average Bonchev–Trinajstić information content (AvgIpc) is 2.20. The minimum absolute atomic E-state index is 0.102. The van der Waals surface area contributed by atoms with Crippen molar-refractivity contribution in [1.82, 2.24) is 0 Å². The third-order valence-electron chi connectivity index (χ3n) is 1.86. The first kappa shape index (κ1) is 12.5. The molecule has 0 heterocycles. The number of rotatable bonds is 3. The highest BCUT2D eigenvalue weighted by atomic mass is 79.9. The molecule has 1 aromatic rings. The topological polar surface area (TPSA) is 49.3 Å². The maximum absolute atomic E-state index is 11.1. The van der Waals surface area contributed by atoms with E-state index in [1.165, 1.54) is 0 Å². The number of carbonyl (C=O) groups is 1. The molecule has 0 aliphatic carbocycles. The number of nitrogens with one attached hydrogen (secondary N) is 1. The van der Waals surface area contributed by atoms with Crippen LogP contribution in [-0.2, 0) is 4.79 Å². The highest BCUT2D eigenvalue weighted by Crippen LogP contribution is 2.26. The quantitative estimate of drug-likeness (QED) is 0.842. The van der Waals surface area contributed by atoms with Gasteiger partial charge in [-0.15, -0.1) is 11.6 Å². The van der Waals surface area contributed by atoms with Crippen LogP contribution in [0, 0.1) is 0 Å². The normalized spacial score (nSPS) is 12.3. The van der Waals surface area contributed by atoms with Gasteiger partial charge in [0.2, 0.25) is 5.91 Å². The van der Waals surface area contributed by atoms with E-state index in [2.05, 4.69) is 21.2 Å². The van der Waals surface area contributed by atoms with Crippen LogP contribution in [-0.4, -0.2) is 16.9 Å². The second-order valence-electron chi connectivity index (χ2n) is 3.09. The molecular weight excluding hydrogens is 281 g/mol. The number of alkyl halides is 1. The Morgan fingerprint density at radius 3 is 2.87 bits per heavy atom. The van der Waals surface area contributed by atoms with Gasteiger partial charge in [0.25, 0.3) is 0 Å². The maximum Gasteiger partial charge on any atom is 0.239 e. The van der Waals surface area contributed by atoms with Gasteiger partial charge in [0.05, 0.1) is 6.10 Å². The number of benzene rings is 1. The zero-order valence-electron chi connectivity index (χ0n) is 8.13. The molecule has 0 saturated heterocycles. The molecule has 1 amide bonds. The Morgan fingerprint density at radius 2 is 2.33 bits per heavy atom. The SMILES string of the molecule is CC(O)c1cc(Br)ccc1NC(=O)CCl. The molecule has 0 radical (unpaired) electrons. The highest BCUT2D eigenvalue weighted by molar-refractivity contribution is 9.10. The summed E-state index contributed by atoms with van der Waals surface area (Å²) in [6.45, 7) is 1.64. The Bertz CT molecular complexity index is 368. The van der Waals surface area contributed by atoms with E-state index in [1.807, 2.05) is 0 Å². The van der Waals surface area contributed by atoms with E-state index in [0.29, 0.717) is 11.3 Å². The molecule has 2 N–H and O–H groups in total. The number of halogens is 2. The van der Waals surface area contributed by atoms with Crippen LogP contribution in [0.25, 0.3) is 0 Å². The molecule has 0 saturated carbocycles. The maximum atomic E-state index is 11.1. The van der Waals surface area contributed by atoms with E-state index >= 15 is 0 Å². The van der Waals surface area contributed by atoms with Crippen molar-refractivity contribution in [3.63, 3.8) is 0 Å². The van der Waals surface area contributed by atoms with Crippen molar-refractivity contribution in [3.05, 3.63) is 28.2 Å². The fourth-order valence-corrected chi connectivity index (χ4v) is 1.62. The number of aliphatic hydroxyl groups is 1. The van der Waals surface area contributed by atoms with Crippen LogP contribution in [0.5, 0.6) is 0 Å². The largest absolute Gasteiger partial charge is 0.389 e. The lowest BCUT2D eigenvalue weighted by Crippen LogP contribution is -2.14. The van der Waals surface area contributed by atoms with Crippen LogP contribution < -0.4 is 5.32 Å². The molecule has 1 atom stereocenters. The number of hydrogen-bond donors (Lipinski definition) is 2. The molecule has 0 aromatic heterocycles. The monoisotopic (exact) mass is 291 g/mol. The van der Waals surface area contributed by atoms with Gasteiger partial charge in [-0.2, -0.15) is 0 Å². The molecule has 15 heavy (non-hydrogen) atoms. The molecule has 1 rings (SSSR count). The summed E-state index contributed by atoms with van der Waals surface area (Å²) in [5.41, 5.74) is 1.24. The molecule has 3 nitrogen and oxygen atoms in total. The number of aliphatic hydroxyl groups excluding tert-OH is 1. The van der Waals surface area contributed by atoms with Gasteiger partial charge in [0.1, 0.15) is 5.88 Å². The van der Waals surface area contributed by atoms with E-state index in [-0.39, 0.29) is 11.8 Å². The van der Waals surface area contributed by atoms with Gasteiger partial charge in [-0.25, -0.2) is 0 Å². The molecule has 1 aromatic carbocycles. The van der Waals surface area contributed by atoms with Gasteiger partial charge in [-0.05, 0) is 25.1 Å². The Balaban J connectivity index is 3.00. The standard InChI is InChI=1S/C10H11BrClNO2/c1-6(14)8-4-7(11)2-3-9(8)13-10(15)5-12/h2-4,6,14H,5H2,1H3,(H,13,15). The van der Waals surface area contributed by atoms with Gasteiger partial charge in [-0.1, -0.05) is 15.9 Å². The van der Waals surface area contributed by atoms with Gasteiger partial charge in [0, 0.05) is 15.7 Å². The first-order chi connectivity index (χ1) is 7.04. The second kappa shape index (κ2) is 5.49. The summed E-state index contributed by atoms with van der Waals surface area (Å²) in [5, 5.41) is 12.1. The fourth-order valence-electron chi connectivity index (χ4n) is 1.18. The van der Waals surface area contributed by atoms with Crippen molar-refractivity contribution >= 4 is 39.1 Å². The predicted molar refractivity (Wildman–Crippen MR) is 64.1 cm³/mol. The molecule has 1 unspecified atom stereocenters. The third-order valence-corrected chi connectivity index (χ3v) is 2.60. The zero-order chi connectivity index (χ0) is 11.4. The van der Waals surface area contributed by atoms with E-state index in [1.54, 1.807) is 25.1 Å². The Kier molecular flexibility index (Phi) is 4.57. The number of amides is 1. The summed E-state index contributed by atoms with van der Waals surface area (Å²) in [6, 6.07) is 5.26. The van der Waals surface area contributed by atoms with E-state index in [9.17, 15) is 9.90 Å². The van der Waals surface area contributed by atoms with Crippen LogP contribution in [0.15, 0.2) is 22.7 Å². The second-order valence-corrected chi connectivity index (χ2v) is 4.27. The minimum Gasteiger partial charge on any atom is -0.389 e. The van der Waals surface area contributed by atoms with Crippen molar-refractivity contribution in [3.8, 4) is 0 Å². The summed E-state index contributed by atoms with van der Waals surface area (Å²) in [4.78, 5) is 11.1. The van der Waals surface area contributed by atoms with E-state index in [4.69, 9.17) is 11.6 Å². The smallest absolute Gasteiger partial charge is 0.239 e. The summed E-state index contributed by atoms with van der Waals surface area (Å²) in [6.07, 6.45) is -0.645. The highest BCUT2D eigenvalue weighted by Gasteiger charge is 2.10. The first-order valence-corrected chi connectivity index (χ1v) is 5.70. The average molecular weight is 293 g/mol. The predicted octanol–water partition coefficient (Wildman–Crippen LogP) is 2.68. The van der Waals surface area contributed by atoms with Gasteiger partial charge in [-0.3, -0.25) is 4.79 Å². The molecule has 5 heteroatoms. The summed E-state index contributed by atoms with van der Waals surface area (Å²) in [7, 11) is 0. The van der Waals surface area contributed by atoms with E-state index in [0.717, 1.165) is 4.47 Å². The molecule has 0 bridgehead atoms. The number of carbonyl (C=O) groups excluding carboxylic acids is 1. The van der Waals surface area contributed by atoms with Crippen molar-refractivity contribution in [1.29, 1.82) is 0 Å². The zero-order valence-corrected chi connectivity index (χ0v) is 10.5. The van der Waals surface area contributed by atoms with Crippen LogP contribution in [0.1, 0.15) is 18.6 Å². The summed E-state index contributed by atoms with van der Waals surface area (Å²) < 4.78 is 0.849. The van der Waals surface area contributed by atoms with Crippen LogP contribution >= 0.6 is 27.5 Å². The molecule has 0 spiro atoms. The van der Waals surface area contributed by atoms with Crippen molar-refractivity contribution in [2.24, 2.45) is 0 Å². The van der Waals surface area contributed by atoms with Gasteiger partial charge in [0.15, 0.2) is 0 Å². The molecule has 0 aliphatic rings. The van der Waals surface area contributed by atoms with Crippen molar-refractivity contribution < 1.29 is 9.90 Å². The molecule has 0 aliphatic heterocycles. The number of anilines is 1. The molecular formula is C10H11BrClNO2. The minimum atomic E-state index is -0.645. The Labute approximate surface area is 102 Å². The lowest BCUT2D eigenvalue weighted by Gasteiger charge is -2.12. The molecule has 0 fully saturated rings.